The van der Waals surface area contributed by atoms with Crippen LogP contribution in [-0.2, 0) is 24.8 Å². The van der Waals surface area contributed by atoms with Crippen molar-refractivity contribution in [2.24, 2.45) is 0 Å². The van der Waals surface area contributed by atoms with E-state index < -0.39 is 32.0 Å². The fourth-order valence-electron chi connectivity index (χ4n) is 2.86. The van der Waals surface area contributed by atoms with Crippen LogP contribution >= 0.6 is 11.3 Å². The van der Waals surface area contributed by atoms with E-state index in [1.807, 2.05) is 0 Å². The van der Waals surface area contributed by atoms with Gasteiger partial charge in [0.05, 0.1) is 17.7 Å². The minimum atomic E-state index is -3.94. The van der Waals surface area contributed by atoms with Crippen molar-refractivity contribution in [3.8, 4) is 0 Å². The number of aryl methyl sites for hydroxylation is 1. The molecule has 0 aliphatic carbocycles. The van der Waals surface area contributed by atoms with Gasteiger partial charge in [0.25, 0.3) is 10.0 Å². The second kappa shape index (κ2) is 8.55. The lowest BCUT2D eigenvalue weighted by atomic mass is 10.4. The normalized spacial score (nSPS) is 16.4. The Morgan fingerprint density at radius 3 is 2.30 bits per heavy atom. The number of nitrogens with zero attached hydrogens (tertiary/aromatic N) is 3. The van der Waals surface area contributed by atoms with Crippen molar-refractivity contribution in [3.63, 3.8) is 0 Å². The molecule has 30 heavy (non-hydrogen) atoms. The monoisotopic (exact) mass is 478 g/mol. The number of ether oxygens (including phenoxy) is 1. The standard InChI is InChI=1S/C16H19FN4O6S3/c1-11-14(28-15(18-11)19-16(22)27-2)30(25,26)21-8-6-20(7-9-21)29(23,24)13-5-3-4-12(17)10-13/h3-5,10H,6-9H2,1-2H3,(H,18,19,22). The Bertz CT molecular complexity index is 1160. The van der Waals surface area contributed by atoms with Gasteiger partial charge in [0, 0.05) is 26.2 Å². The molecule has 0 spiro atoms. The molecule has 164 valence electrons. The van der Waals surface area contributed by atoms with Crippen LogP contribution in [0, 0.1) is 12.7 Å². The molecule has 3 rings (SSSR count). The highest BCUT2D eigenvalue weighted by Gasteiger charge is 2.35. The average molecular weight is 479 g/mol. The number of benzene rings is 1. The van der Waals surface area contributed by atoms with Crippen LogP contribution in [-0.4, -0.2) is 69.8 Å². The lowest BCUT2D eigenvalue weighted by Crippen LogP contribution is -2.50. The summed E-state index contributed by atoms with van der Waals surface area (Å²) >= 11 is 0.782. The van der Waals surface area contributed by atoms with Gasteiger partial charge in [-0.2, -0.15) is 8.61 Å². The number of carbonyl (C=O) groups excluding carboxylic acids is 1. The number of nitrogens with one attached hydrogen (secondary N) is 1. The van der Waals surface area contributed by atoms with Crippen molar-refractivity contribution in [1.82, 2.24) is 13.6 Å². The second-order valence-electron chi connectivity index (χ2n) is 6.27. The maximum atomic E-state index is 13.4. The van der Waals surface area contributed by atoms with Crippen molar-refractivity contribution >= 4 is 42.6 Å². The lowest BCUT2D eigenvalue weighted by Gasteiger charge is -2.33. The molecule has 1 N–H and O–H groups in total. The summed E-state index contributed by atoms with van der Waals surface area (Å²) in [6.45, 7) is 1.19. The van der Waals surface area contributed by atoms with Crippen molar-refractivity contribution in [1.29, 1.82) is 0 Å². The van der Waals surface area contributed by atoms with E-state index in [1.54, 1.807) is 0 Å². The van der Waals surface area contributed by atoms with Crippen LogP contribution in [0.3, 0.4) is 0 Å². The predicted molar refractivity (Wildman–Crippen MR) is 107 cm³/mol. The molecule has 2 heterocycles. The fourth-order valence-corrected chi connectivity index (χ4v) is 7.27. The molecule has 1 aromatic carbocycles. The Labute approximate surface area is 177 Å². The molecule has 14 heteroatoms. The Hall–Kier alpha value is -2.13. The van der Waals surface area contributed by atoms with E-state index in [2.05, 4.69) is 15.0 Å². The summed E-state index contributed by atoms with van der Waals surface area (Å²) in [6, 6.07) is 4.66. The molecule has 1 saturated heterocycles. The minimum Gasteiger partial charge on any atom is -0.453 e. The second-order valence-corrected chi connectivity index (χ2v) is 11.3. The number of hydrogen-bond acceptors (Lipinski definition) is 8. The molecule has 0 bridgehead atoms. The molecule has 1 fully saturated rings. The summed E-state index contributed by atoms with van der Waals surface area (Å²) in [7, 11) is -6.71. The number of halogens is 1. The fraction of sp³-hybridized carbons (Fsp3) is 0.375. The first-order valence-corrected chi connectivity index (χ1v) is 12.3. The van der Waals surface area contributed by atoms with Crippen LogP contribution in [0.1, 0.15) is 5.69 Å². The summed E-state index contributed by atoms with van der Waals surface area (Å²) in [5.41, 5.74) is 0.209. The molecule has 2 aromatic rings. The highest BCUT2D eigenvalue weighted by atomic mass is 32.2. The third kappa shape index (κ3) is 4.46. The number of piperazine rings is 1. The van der Waals surface area contributed by atoms with E-state index in [1.165, 1.54) is 26.2 Å². The summed E-state index contributed by atoms with van der Waals surface area (Å²) in [6.07, 6.45) is -0.774. The van der Waals surface area contributed by atoms with Gasteiger partial charge < -0.3 is 4.74 Å². The van der Waals surface area contributed by atoms with E-state index in [9.17, 15) is 26.0 Å². The summed E-state index contributed by atoms with van der Waals surface area (Å²) < 4.78 is 71.4. The summed E-state index contributed by atoms with van der Waals surface area (Å²) in [4.78, 5) is 15.1. The third-order valence-corrected chi connectivity index (χ3v) is 9.81. The van der Waals surface area contributed by atoms with Crippen LogP contribution in [0.25, 0.3) is 0 Å². The van der Waals surface area contributed by atoms with Gasteiger partial charge in [0.1, 0.15) is 5.82 Å². The smallest absolute Gasteiger partial charge is 0.413 e. The minimum absolute atomic E-state index is 0.0460. The highest BCUT2D eigenvalue weighted by Crippen LogP contribution is 2.31. The summed E-state index contributed by atoms with van der Waals surface area (Å²) in [5.74, 6) is -0.672. The molecule has 0 atom stereocenters. The number of hydrogen-bond donors (Lipinski definition) is 1. The lowest BCUT2D eigenvalue weighted by molar-refractivity contribution is 0.187. The maximum Gasteiger partial charge on any atom is 0.413 e. The Morgan fingerprint density at radius 1 is 1.13 bits per heavy atom. The number of anilines is 1. The largest absolute Gasteiger partial charge is 0.453 e. The van der Waals surface area contributed by atoms with Gasteiger partial charge in [-0.3, -0.25) is 5.32 Å². The van der Waals surface area contributed by atoms with Crippen LogP contribution in [0.4, 0.5) is 14.3 Å². The van der Waals surface area contributed by atoms with Crippen LogP contribution < -0.4 is 5.32 Å². The van der Waals surface area contributed by atoms with Gasteiger partial charge >= 0.3 is 6.09 Å². The van der Waals surface area contributed by atoms with Gasteiger partial charge in [0.15, 0.2) is 9.34 Å². The zero-order valence-electron chi connectivity index (χ0n) is 16.0. The quantitative estimate of drug-likeness (QED) is 0.689. The first-order chi connectivity index (χ1) is 14.1. The number of sulfonamides is 2. The van der Waals surface area contributed by atoms with Crippen LogP contribution in [0.5, 0.6) is 0 Å². The predicted octanol–water partition coefficient (Wildman–Crippen LogP) is 1.46. The zero-order chi connectivity index (χ0) is 22.1. The molecule has 1 aromatic heterocycles. The van der Waals surface area contributed by atoms with Crippen LogP contribution in [0.2, 0.25) is 0 Å². The average Bonchev–Trinajstić information content (AvgIpc) is 3.08. The highest BCUT2D eigenvalue weighted by molar-refractivity contribution is 7.91. The van der Waals surface area contributed by atoms with Gasteiger partial charge in [-0.05, 0) is 25.1 Å². The molecular formula is C16H19FN4O6S3. The van der Waals surface area contributed by atoms with Crippen molar-refractivity contribution < 1.29 is 30.8 Å². The number of rotatable bonds is 5. The van der Waals surface area contributed by atoms with E-state index in [0.717, 1.165) is 32.1 Å². The number of methoxy groups -OCH3 is 1. The number of thiazole rings is 1. The number of carbonyl (C=O) groups is 1. The van der Waals surface area contributed by atoms with Crippen molar-refractivity contribution in [3.05, 3.63) is 35.8 Å². The molecule has 1 aliphatic rings. The van der Waals surface area contributed by atoms with E-state index in [-0.39, 0.29) is 46.1 Å². The zero-order valence-corrected chi connectivity index (χ0v) is 18.5. The SMILES string of the molecule is COC(=O)Nc1nc(C)c(S(=O)(=O)N2CCN(S(=O)(=O)c3cccc(F)c3)CC2)s1. The number of amides is 1. The topological polar surface area (TPSA) is 126 Å². The van der Waals surface area contributed by atoms with Gasteiger partial charge in [-0.15, -0.1) is 0 Å². The molecular weight excluding hydrogens is 459 g/mol. The Morgan fingerprint density at radius 2 is 1.73 bits per heavy atom. The molecule has 1 aliphatic heterocycles. The first-order valence-electron chi connectivity index (χ1n) is 8.64. The summed E-state index contributed by atoms with van der Waals surface area (Å²) in [5, 5.41) is 2.40. The molecule has 0 saturated carbocycles. The first kappa shape index (κ1) is 22.6. The Balaban J connectivity index is 1.75. The van der Waals surface area contributed by atoms with Gasteiger partial charge in [-0.25, -0.2) is 31.0 Å². The van der Waals surface area contributed by atoms with E-state index in [0.29, 0.717) is 0 Å². The molecule has 10 nitrogen and oxygen atoms in total. The molecule has 1 amide bonds. The van der Waals surface area contributed by atoms with E-state index >= 15 is 0 Å². The van der Waals surface area contributed by atoms with Gasteiger partial charge in [-0.1, -0.05) is 17.4 Å². The Kier molecular flexibility index (Phi) is 6.43. The third-order valence-electron chi connectivity index (χ3n) is 4.35. The molecule has 0 radical (unpaired) electrons. The number of aromatic nitrogens is 1. The van der Waals surface area contributed by atoms with Gasteiger partial charge in [0.2, 0.25) is 10.0 Å². The van der Waals surface area contributed by atoms with E-state index in [4.69, 9.17) is 0 Å². The maximum absolute atomic E-state index is 13.4. The van der Waals surface area contributed by atoms with Crippen molar-refractivity contribution in [2.45, 2.75) is 16.0 Å². The van der Waals surface area contributed by atoms with Crippen molar-refractivity contribution in [2.75, 3.05) is 38.6 Å². The van der Waals surface area contributed by atoms with Crippen LogP contribution in [0.15, 0.2) is 33.4 Å². The molecule has 0 unspecified atom stereocenters.